The number of nitrogens with zero attached hydrogens (tertiary/aromatic N) is 3. The fraction of sp³-hybridized carbons (Fsp3) is 0.367. The number of alkyl halides is 3. The topological polar surface area (TPSA) is 54.3 Å². The molecule has 1 amide bonds. The first kappa shape index (κ1) is 31.1. The number of allylic oxidation sites excluding steroid dienone is 3. The van der Waals surface area contributed by atoms with Crippen molar-refractivity contribution in [1.29, 1.82) is 0 Å². The Balaban J connectivity index is 1.60. The third-order valence-electron chi connectivity index (χ3n) is 7.21. The third kappa shape index (κ3) is 6.65. The molecule has 0 fully saturated rings. The first-order valence-electron chi connectivity index (χ1n) is 13.2. The number of amides is 1. The fourth-order valence-corrected chi connectivity index (χ4v) is 5.71. The molecule has 2 aromatic carbocycles. The summed E-state index contributed by atoms with van der Waals surface area (Å²) in [5.41, 5.74) is -0.277. The Morgan fingerprint density at radius 3 is 2.39 bits per heavy atom. The predicted molar refractivity (Wildman–Crippen MR) is 158 cm³/mol. The van der Waals surface area contributed by atoms with Crippen molar-refractivity contribution in [3.63, 3.8) is 0 Å². The number of amidine groups is 1. The molecule has 0 aliphatic carbocycles. The number of benzene rings is 2. The minimum atomic E-state index is -4.80. The maximum absolute atomic E-state index is 14.4. The number of rotatable bonds is 5. The monoisotopic (exact) mass is 625 g/mol. The fourth-order valence-electron chi connectivity index (χ4n) is 4.98. The van der Waals surface area contributed by atoms with Crippen LogP contribution in [0.1, 0.15) is 73.0 Å². The van der Waals surface area contributed by atoms with Crippen LogP contribution in [0.5, 0.6) is 0 Å². The van der Waals surface area contributed by atoms with Gasteiger partial charge in [-0.1, -0.05) is 58.5 Å². The number of aryl methyl sites for hydroxylation is 1. The molecule has 0 bridgehead atoms. The molecule has 2 aromatic rings. The molecule has 0 saturated heterocycles. The van der Waals surface area contributed by atoms with Gasteiger partial charge in [0.1, 0.15) is 5.84 Å². The molecule has 0 radical (unpaired) electrons. The number of aliphatic imine (C=N–C) groups is 1. The zero-order valence-electron chi connectivity index (χ0n) is 22.8. The van der Waals surface area contributed by atoms with Crippen LogP contribution in [0.2, 0.25) is 10.0 Å². The number of carbonyl (C=O) groups excluding carboxylic acids is 1. The van der Waals surface area contributed by atoms with Gasteiger partial charge in [-0.3, -0.25) is 9.69 Å². The van der Waals surface area contributed by atoms with Crippen molar-refractivity contribution in [3.05, 3.63) is 91.6 Å². The Morgan fingerprint density at radius 2 is 1.78 bits per heavy atom. The quantitative estimate of drug-likeness (QED) is 0.332. The molecule has 1 unspecified atom stereocenters. The molecule has 2 heterocycles. The Kier molecular flexibility index (Phi) is 9.56. The molecule has 0 spiro atoms. The summed E-state index contributed by atoms with van der Waals surface area (Å²) in [6, 6.07) is 8.50. The number of hydrogen-bond donors (Lipinski definition) is 0. The lowest BCUT2D eigenvalue weighted by Crippen LogP contribution is -2.42. The second-order valence-electron chi connectivity index (χ2n) is 9.94. The summed E-state index contributed by atoms with van der Waals surface area (Å²) in [6.07, 6.45) is 1.23. The second kappa shape index (κ2) is 12.6. The minimum Gasteiger partial charge on any atom is -0.374 e. The van der Waals surface area contributed by atoms with Crippen LogP contribution in [0.15, 0.2) is 69.4 Å². The van der Waals surface area contributed by atoms with E-state index >= 15 is 0 Å². The molecule has 0 N–H and O–H groups in total. The number of halogens is 6. The summed E-state index contributed by atoms with van der Waals surface area (Å²) in [7, 11) is 0. The van der Waals surface area contributed by atoms with E-state index in [1.807, 2.05) is 13.0 Å². The lowest BCUT2D eigenvalue weighted by molar-refractivity contribution is -0.275. The van der Waals surface area contributed by atoms with Crippen molar-refractivity contribution >= 4 is 52.3 Å². The summed E-state index contributed by atoms with van der Waals surface area (Å²) in [5.74, 6) is 0.346. The molecular formula is C30H29Cl3F3N3O2. The maximum atomic E-state index is 14.4. The zero-order chi connectivity index (χ0) is 29.9. The van der Waals surface area contributed by atoms with Crippen molar-refractivity contribution in [3.8, 4) is 0 Å². The summed E-state index contributed by atoms with van der Waals surface area (Å²) >= 11 is 18.3. The van der Waals surface area contributed by atoms with Crippen LogP contribution in [0.4, 0.5) is 13.2 Å². The van der Waals surface area contributed by atoms with Crippen molar-refractivity contribution < 1.29 is 22.8 Å². The van der Waals surface area contributed by atoms with Gasteiger partial charge in [-0.05, 0) is 80.6 Å². The van der Waals surface area contributed by atoms with Crippen LogP contribution in [-0.4, -0.2) is 35.1 Å². The van der Waals surface area contributed by atoms with E-state index in [4.69, 9.17) is 39.6 Å². The highest BCUT2D eigenvalue weighted by atomic mass is 35.5. The van der Waals surface area contributed by atoms with Crippen LogP contribution in [-0.2, 0) is 10.4 Å². The zero-order valence-corrected chi connectivity index (χ0v) is 25.1. The van der Waals surface area contributed by atoms with Gasteiger partial charge in [0, 0.05) is 46.8 Å². The highest BCUT2D eigenvalue weighted by Crippen LogP contribution is 2.49. The van der Waals surface area contributed by atoms with Gasteiger partial charge in [0.2, 0.25) is 0 Å². The molecule has 218 valence electrons. The number of hydrogen-bond acceptors (Lipinski definition) is 4. The number of carbonyl (C=O) groups is 1. The van der Waals surface area contributed by atoms with Crippen LogP contribution in [0.25, 0.3) is 0 Å². The molecule has 41 heavy (non-hydrogen) atoms. The van der Waals surface area contributed by atoms with E-state index < -0.39 is 18.2 Å². The van der Waals surface area contributed by atoms with Crippen molar-refractivity contribution in [2.24, 2.45) is 10.1 Å². The average Bonchev–Trinajstić information content (AvgIpc) is 3.40. The summed E-state index contributed by atoms with van der Waals surface area (Å²) in [6.45, 7) is 6.05. The Labute approximate surface area is 252 Å². The SMILES string of the molecule is CC\C1=C/C(Cl)=C\N=C(\N(CC)C(=O)c2ccc(C3=NOC(c4cc(Cl)cc(Cl)c4)(C(F)(F)F)C3)cc2C)CCC1. The molecular weight excluding hydrogens is 598 g/mol. The molecule has 11 heteroatoms. The van der Waals surface area contributed by atoms with E-state index in [1.165, 1.54) is 23.8 Å². The van der Waals surface area contributed by atoms with Crippen molar-refractivity contribution in [2.45, 2.75) is 64.7 Å². The van der Waals surface area contributed by atoms with E-state index in [-0.39, 0.29) is 27.2 Å². The van der Waals surface area contributed by atoms with E-state index in [2.05, 4.69) is 17.1 Å². The molecule has 5 nitrogen and oxygen atoms in total. The normalized spacial score (nSPS) is 23.4. The molecule has 0 saturated carbocycles. The van der Waals surface area contributed by atoms with Gasteiger partial charge in [-0.25, -0.2) is 4.99 Å². The van der Waals surface area contributed by atoms with Crippen LogP contribution < -0.4 is 0 Å². The van der Waals surface area contributed by atoms with Gasteiger partial charge < -0.3 is 4.84 Å². The largest absolute Gasteiger partial charge is 0.435 e. The first-order valence-corrected chi connectivity index (χ1v) is 14.3. The molecule has 4 rings (SSSR count). The van der Waals surface area contributed by atoms with Crippen LogP contribution >= 0.6 is 34.8 Å². The van der Waals surface area contributed by atoms with E-state index in [0.717, 1.165) is 19.3 Å². The molecule has 2 aliphatic rings. The van der Waals surface area contributed by atoms with E-state index in [1.54, 1.807) is 36.2 Å². The van der Waals surface area contributed by atoms with Gasteiger partial charge in [0.15, 0.2) is 0 Å². The van der Waals surface area contributed by atoms with E-state index in [9.17, 15) is 18.0 Å². The maximum Gasteiger partial charge on any atom is 0.435 e. The van der Waals surface area contributed by atoms with Crippen LogP contribution in [0.3, 0.4) is 0 Å². The van der Waals surface area contributed by atoms with Gasteiger partial charge in [0.25, 0.3) is 11.5 Å². The highest BCUT2D eigenvalue weighted by Gasteiger charge is 2.62. The van der Waals surface area contributed by atoms with Crippen molar-refractivity contribution in [1.82, 2.24) is 4.90 Å². The predicted octanol–water partition coefficient (Wildman–Crippen LogP) is 9.35. The second-order valence-corrected chi connectivity index (χ2v) is 11.2. The standard InChI is InChI=1S/C30H29Cl3F3N3O2/c1-4-19-7-6-8-27(37-17-24(33)12-19)39(5-2)28(40)25-10-9-20(11-18(25)3)26-16-29(41-38-26,30(34,35)36)21-13-22(31)15-23(32)14-21/h9-15,17H,4-8,16H2,1-3H3/b19-12+,24-17+,37-27+. The lowest BCUT2D eigenvalue weighted by atomic mass is 9.86. The van der Waals surface area contributed by atoms with Gasteiger partial charge >= 0.3 is 6.18 Å². The third-order valence-corrected chi connectivity index (χ3v) is 7.85. The Morgan fingerprint density at radius 1 is 1.07 bits per heavy atom. The first-order chi connectivity index (χ1) is 19.4. The lowest BCUT2D eigenvalue weighted by Gasteiger charge is -2.29. The highest BCUT2D eigenvalue weighted by molar-refractivity contribution is 6.34. The summed E-state index contributed by atoms with van der Waals surface area (Å²) in [5, 5.41) is 4.43. The molecule has 1 atom stereocenters. The number of oxime groups is 1. The van der Waals surface area contributed by atoms with Gasteiger partial charge in [-0.15, -0.1) is 0 Å². The Hall–Kier alpha value is -2.81. The van der Waals surface area contributed by atoms with Gasteiger partial charge in [-0.2, -0.15) is 13.2 Å². The van der Waals surface area contributed by atoms with Crippen molar-refractivity contribution in [2.75, 3.05) is 6.54 Å². The summed E-state index contributed by atoms with van der Waals surface area (Å²) in [4.78, 5) is 24.9. The smallest absolute Gasteiger partial charge is 0.374 e. The summed E-state index contributed by atoms with van der Waals surface area (Å²) < 4.78 is 43.2. The molecule has 0 aromatic heterocycles. The average molecular weight is 627 g/mol. The molecule has 2 aliphatic heterocycles. The Bertz CT molecular complexity index is 1450. The van der Waals surface area contributed by atoms with E-state index in [0.29, 0.717) is 40.5 Å². The van der Waals surface area contributed by atoms with Crippen LogP contribution in [0, 0.1) is 6.92 Å². The van der Waals surface area contributed by atoms with Gasteiger partial charge in [0.05, 0.1) is 10.7 Å². The minimum absolute atomic E-state index is 0.0525.